The van der Waals surface area contributed by atoms with Crippen LogP contribution in [0.5, 0.6) is 0 Å². The molecule has 3 amide bonds. The van der Waals surface area contributed by atoms with Crippen LogP contribution in [0.2, 0.25) is 0 Å². The second-order valence-electron chi connectivity index (χ2n) is 13.8. The summed E-state index contributed by atoms with van der Waals surface area (Å²) in [5, 5.41) is 19.1. The van der Waals surface area contributed by atoms with Gasteiger partial charge in [0.1, 0.15) is 22.9 Å². The summed E-state index contributed by atoms with van der Waals surface area (Å²) in [6.07, 6.45) is 0.932. The first kappa shape index (κ1) is 38.2. The van der Waals surface area contributed by atoms with E-state index in [9.17, 15) is 24.3 Å². The number of anilines is 1. The summed E-state index contributed by atoms with van der Waals surface area (Å²) in [7, 11) is 0. The minimum Gasteiger partial charge on any atom is -0.444 e. The van der Waals surface area contributed by atoms with E-state index in [-0.39, 0.29) is 30.9 Å². The number of ether oxygens (including phenoxy) is 1. The van der Waals surface area contributed by atoms with E-state index in [4.69, 9.17) is 4.74 Å². The van der Waals surface area contributed by atoms with E-state index < -0.39 is 47.4 Å². The highest BCUT2D eigenvalue weighted by Crippen LogP contribution is 2.37. The molecule has 1 heterocycles. The van der Waals surface area contributed by atoms with Gasteiger partial charge in [0.05, 0.1) is 12.6 Å². The van der Waals surface area contributed by atoms with Crippen LogP contribution in [0.4, 0.5) is 10.5 Å². The van der Waals surface area contributed by atoms with Crippen molar-refractivity contribution in [1.29, 1.82) is 0 Å². The molecule has 0 saturated carbocycles. The van der Waals surface area contributed by atoms with Crippen molar-refractivity contribution in [2.45, 2.75) is 63.3 Å². The minimum atomic E-state index is -1.05. The average molecular weight is 715 g/mol. The molecule has 0 aliphatic heterocycles. The highest BCUT2D eigenvalue weighted by Gasteiger charge is 2.38. The van der Waals surface area contributed by atoms with Crippen LogP contribution in [0.1, 0.15) is 61.9 Å². The second-order valence-corrected chi connectivity index (χ2v) is 13.8. The molecule has 10 nitrogen and oxygen atoms in total. The third kappa shape index (κ3) is 9.87. The summed E-state index contributed by atoms with van der Waals surface area (Å²) in [5.41, 5.74) is 0.954. The summed E-state index contributed by atoms with van der Waals surface area (Å²) in [5.74, 6) is -0.815. The van der Waals surface area contributed by atoms with Gasteiger partial charge in [-0.3, -0.25) is 19.7 Å². The Kier molecular flexibility index (Phi) is 12.6. The Labute approximate surface area is 309 Å². The topological polar surface area (TPSA) is 139 Å². The monoisotopic (exact) mass is 714 g/mol. The SMILES string of the molecule is CC(C)(C)OC(=O)Nc1cccn([C@@H](Cc2ccccc2)C(=O)N[C@H](CO)CCC(=O)NC(c2ccccc2)(c2ccccc2)c2ccccc2)c1=O. The number of amides is 3. The highest BCUT2D eigenvalue weighted by atomic mass is 16.6. The Morgan fingerprint density at radius 3 is 1.74 bits per heavy atom. The van der Waals surface area contributed by atoms with Crippen molar-refractivity contribution in [3.63, 3.8) is 0 Å². The maximum atomic E-state index is 14.0. The van der Waals surface area contributed by atoms with Crippen LogP contribution in [-0.2, 0) is 26.3 Å². The summed E-state index contributed by atoms with van der Waals surface area (Å²) in [6, 6.07) is 39.6. The van der Waals surface area contributed by atoms with E-state index in [2.05, 4.69) is 16.0 Å². The molecule has 0 radical (unpaired) electrons. The predicted octanol–water partition coefficient (Wildman–Crippen LogP) is 6.34. The fourth-order valence-electron chi connectivity index (χ4n) is 6.28. The van der Waals surface area contributed by atoms with E-state index in [0.717, 1.165) is 22.3 Å². The molecule has 0 spiro atoms. The number of hydrogen-bond acceptors (Lipinski definition) is 6. The van der Waals surface area contributed by atoms with Crippen molar-refractivity contribution in [3.05, 3.63) is 172 Å². The zero-order chi connectivity index (χ0) is 37.8. The molecule has 274 valence electrons. The van der Waals surface area contributed by atoms with Crippen LogP contribution >= 0.6 is 0 Å². The minimum absolute atomic E-state index is 0.0155. The number of aliphatic hydroxyl groups is 1. The molecule has 1 aromatic heterocycles. The van der Waals surface area contributed by atoms with E-state index in [1.54, 1.807) is 26.8 Å². The lowest BCUT2D eigenvalue weighted by molar-refractivity contribution is -0.126. The fourth-order valence-corrected chi connectivity index (χ4v) is 6.28. The lowest BCUT2D eigenvalue weighted by atomic mass is 9.77. The predicted molar refractivity (Wildman–Crippen MR) is 205 cm³/mol. The van der Waals surface area contributed by atoms with Crippen molar-refractivity contribution in [2.75, 3.05) is 11.9 Å². The number of aliphatic hydroxyl groups excluding tert-OH is 1. The molecule has 2 atom stereocenters. The summed E-state index contributed by atoms with van der Waals surface area (Å²) >= 11 is 0. The smallest absolute Gasteiger partial charge is 0.412 e. The molecule has 5 aromatic rings. The summed E-state index contributed by atoms with van der Waals surface area (Å²) in [6.45, 7) is 4.70. The van der Waals surface area contributed by atoms with Crippen LogP contribution in [0.25, 0.3) is 0 Å². The van der Waals surface area contributed by atoms with Gasteiger partial charge in [0.2, 0.25) is 11.8 Å². The van der Waals surface area contributed by atoms with Crippen LogP contribution in [0, 0.1) is 0 Å². The molecule has 4 aromatic carbocycles. The standard InChI is InChI=1S/C43H46N4O6/c1-42(2,3)53-41(52)45-36-25-16-28-47(40(36)51)37(29-31-17-8-4-9-18-31)39(50)44-35(30-48)26-27-38(49)46-43(32-19-10-5-11-20-32,33-21-12-6-13-22-33)34-23-14-7-15-24-34/h4-25,28,35,37,48H,26-27,29-30H2,1-3H3,(H,44,50)(H,45,52)(H,46,49)/t35-,37-/m0/s1. The lowest BCUT2D eigenvalue weighted by Crippen LogP contribution is -2.48. The lowest BCUT2D eigenvalue weighted by Gasteiger charge is -2.37. The number of hydrogen-bond donors (Lipinski definition) is 4. The van der Waals surface area contributed by atoms with Gasteiger partial charge in [-0.05, 0) is 61.6 Å². The third-order valence-corrected chi connectivity index (χ3v) is 8.75. The zero-order valence-electron chi connectivity index (χ0n) is 30.2. The number of rotatable bonds is 14. The Balaban J connectivity index is 1.37. The number of benzene rings is 4. The zero-order valence-corrected chi connectivity index (χ0v) is 30.2. The van der Waals surface area contributed by atoms with Gasteiger partial charge in [-0.1, -0.05) is 121 Å². The number of nitrogens with zero attached hydrogens (tertiary/aromatic N) is 1. The van der Waals surface area contributed by atoms with Crippen molar-refractivity contribution < 1.29 is 24.2 Å². The molecule has 4 N–H and O–H groups in total. The molecule has 10 heteroatoms. The second kappa shape index (κ2) is 17.5. The van der Waals surface area contributed by atoms with E-state index in [1.165, 1.54) is 16.8 Å². The Hall–Kier alpha value is -6.00. The maximum absolute atomic E-state index is 14.0. The Morgan fingerprint density at radius 2 is 1.25 bits per heavy atom. The number of carbonyl (C=O) groups is 3. The molecule has 53 heavy (non-hydrogen) atoms. The van der Waals surface area contributed by atoms with Gasteiger partial charge in [0.15, 0.2) is 0 Å². The first-order valence-electron chi connectivity index (χ1n) is 17.6. The molecule has 0 unspecified atom stereocenters. The van der Waals surface area contributed by atoms with Gasteiger partial charge in [-0.2, -0.15) is 0 Å². The van der Waals surface area contributed by atoms with Gasteiger partial charge < -0.3 is 25.0 Å². The molecule has 0 aliphatic rings. The van der Waals surface area contributed by atoms with Crippen LogP contribution in [-0.4, -0.2) is 45.8 Å². The maximum Gasteiger partial charge on any atom is 0.412 e. The van der Waals surface area contributed by atoms with Crippen LogP contribution in [0.15, 0.2) is 144 Å². The number of carbonyl (C=O) groups excluding carboxylic acids is 3. The van der Waals surface area contributed by atoms with Crippen molar-refractivity contribution in [1.82, 2.24) is 15.2 Å². The summed E-state index contributed by atoms with van der Waals surface area (Å²) in [4.78, 5) is 54.1. The van der Waals surface area contributed by atoms with Gasteiger partial charge in [-0.25, -0.2) is 4.79 Å². The van der Waals surface area contributed by atoms with Gasteiger partial charge in [0.25, 0.3) is 5.56 Å². The highest BCUT2D eigenvalue weighted by molar-refractivity contribution is 5.85. The largest absolute Gasteiger partial charge is 0.444 e. The molecule has 0 bridgehead atoms. The van der Waals surface area contributed by atoms with Crippen LogP contribution < -0.4 is 21.5 Å². The van der Waals surface area contributed by atoms with Crippen molar-refractivity contribution in [2.24, 2.45) is 0 Å². The van der Waals surface area contributed by atoms with Crippen molar-refractivity contribution >= 4 is 23.6 Å². The summed E-state index contributed by atoms with van der Waals surface area (Å²) < 4.78 is 6.58. The number of aromatic nitrogens is 1. The normalized spacial score (nSPS) is 12.6. The Morgan fingerprint density at radius 1 is 0.736 bits per heavy atom. The molecule has 0 fully saturated rings. The van der Waals surface area contributed by atoms with Gasteiger partial charge >= 0.3 is 6.09 Å². The Bertz CT molecular complexity index is 1920. The third-order valence-electron chi connectivity index (χ3n) is 8.75. The molecule has 5 rings (SSSR count). The van der Waals surface area contributed by atoms with E-state index in [1.807, 2.05) is 121 Å². The first-order chi connectivity index (χ1) is 25.5. The first-order valence-corrected chi connectivity index (χ1v) is 17.6. The molecule has 0 saturated heterocycles. The van der Waals surface area contributed by atoms with Crippen LogP contribution in [0.3, 0.4) is 0 Å². The van der Waals surface area contributed by atoms with Gasteiger partial charge in [0, 0.05) is 19.0 Å². The number of nitrogens with one attached hydrogen (secondary N) is 3. The van der Waals surface area contributed by atoms with E-state index >= 15 is 0 Å². The molecule has 0 aliphatic carbocycles. The van der Waals surface area contributed by atoms with Crippen molar-refractivity contribution in [3.8, 4) is 0 Å². The molecular formula is C43H46N4O6. The van der Waals surface area contributed by atoms with E-state index in [0.29, 0.717) is 0 Å². The quantitative estimate of drug-likeness (QED) is 0.0991. The molecular weight excluding hydrogens is 668 g/mol. The fraction of sp³-hybridized carbons (Fsp3) is 0.256. The average Bonchev–Trinajstić information content (AvgIpc) is 3.16. The van der Waals surface area contributed by atoms with Gasteiger partial charge in [-0.15, -0.1) is 0 Å². The number of pyridine rings is 1.